The summed E-state index contributed by atoms with van der Waals surface area (Å²) in [7, 11) is 0. The first-order valence-corrected chi connectivity index (χ1v) is 8.58. The van der Waals surface area contributed by atoms with Crippen molar-refractivity contribution in [2.75, 3.05) is 32.9 Å². The molecule has 0 aromatic heterocycles. The average Bonchev–Trinajstić information content (AvgIpc) is 3.08. The molecule has 3 rings (SSSR count). The molecule has 0 atom stereocenters. The van der Waals surface area contributed by atoms with E-state index < -0.39 is 0 Å². The van der Waals surface area contributed by atoms with E-state index in [1.807, 2.05) is 12.1 Å². The van der Waals surface area contributed by atoms with Crippen molar-refractivity contribution < 1.29 is 14.4 Å². The highest BCUT2D eigenvalue weighted by Gasteiger charge is 2.37. The molecular formula is C16H20Cl2N2O3. The van der Waals surface area contributed by atoms with E-state index in [-0.39, 0.29) is 11.4 Å². The molecule has 1 aromatic rings. The van der Waals surface area contributed by atoms with Crippen LogP contribution in [0.25, 0.3) is 0 Å². The summed E-state index contributed by atoms with van der Waals surface area (Å²) in [5, 5.41) is 5.61. The van der Waals surface area contributed by atoms with Gasteiger partial charge in [0.05, 0.1) is 13.2 Å². The second-order valence-corrected chi connectivity index (χ2v) is 6.81. The van der Waals surface area contributed by atoms with Crippen LogP contribution in [0.3, 0.4) is 0 Å². The number of hydroxylamine groups is 2. The van der Waals surface area contributed by atoms with Crippen molar-refractivity contribution in [2.45, 2.75) is 24.7 Å². The number of carbonyl (C=O) groups is 1. The molecule has 0 radical (unpaired) electrons. The number of hydrogen-bond donors (Lipinski definition) is 1. The summed E-state index contributed by atoms with van der Waals surface area (Å²) >= 11 is 12.4. The van der Waals surface area contributed by atoms with E-state index in [1.165, 1.54) is 5.06 Å². The van der Waals surface area contributed by atoms with Crippen molar-refractivity contribution >= 4 is 29.2 Å². The number of nitrogens with one attached hydrogen (secondary N) is 1. The minimum absolute atomic E-state index is 0.196. The number of benzene rings is 1. The molecule has 0 aliphatic carbocycles. The molecule has 2 aliphatic heterocycles. The number of ether oxygens (including phenoxy) is 1. The molecular weight excluding hydrogens is 339 g/mol. The Morgan fingerprint density at radius 1 is 1.26 bits per heavy atom. The predicted octanol–water partition coefficient (Wildman–Crippen LogP) is 3.39. The van der Waals surface area contributed by atoms with Gasteiger partial charge >= 0.3 is 6.03 Å². The minimum Gasteiger partial charge on any atom is -0.381 e. The fourth-order valence-electron chi connectivity index (χ4n) is 3.16. The van der Waals surface area contributed by atoms with Gasteiger partial charge in [-0.3, -0.25) is 4.84 Å². The van der Waals surface area contributed by atoms with Gasteiger partial charge in [-0.1, -0.05) is 29.3 Å². The summed E-state index contributed by atoms with van der Waals surface area (Å²) in [6.07, 6.45) is 2.47. The van der Waals surface area contributed by atoms with Gasteiger partial charge in [-0.15, -0.1) is 0 Å². The van der Waals surface area contributed by atoms with E-state index in [0.29, 0.717) is 43.0 Å². The quantitative estimate of drug-likeness (QED) is 0.900. The van der Waals surface area contributed by atoms with Crippen LogP contribution in [-0.2, 0) is 15.0 Å². The van der Waals surface area contributed by atoms with Gasteiger partial charge in [0.15, 0.2) is 0 Å². The van der Waals surface area contributed by atoms with Crippen molar-refractivity contribution in [1.29, 1.82) is 0 Å². The van der Waals surface area contributed by atoms with E-state index in [0.717, 1.165) is 24.8 Å². The van der Waals surface area contributed by atoms with E-state index in [2.05, 4.69) is 5.32 Å². The van der Waals surface area contributed by atoms with Gasteiger partial charge in [0, 0.05) is 35.2 Å². The van der Waals surface area contributed by atoms with Gasteiger partial charge in [-0.05, 0) is 37.0 Å². The summed E-state index contributed by atoms with van der Waals surface area (Å²) in [6, 6.07) is 5.35. The molecule has 2 saturated heterocycles. The molecule has 1 aromatic carbocycles. The number of amides is 2. The van der Waals surface area contributed by atoms with Crippen molar-refractivity contribution in [1.82, 2.24) is 10.4 Å². The number of hydrogen-bond acceptors (Lipinski definition) is 3. The molecule has 2 amide bonds. The zero-order valence-electron chi connectivity index (χ0n) is 12.8. The Morgan fingerprint density at radius 3 is 2.70 bits per heavy atom. The van der Waals surface area contributed by atoms with Crippen molar-refractivity contribution in [3.8, 4) is 0 Å². The van der Waals surface area contributed by atoms with Crippen LogP contribution in [0.2, 0.25) is 10.0 Å². The molecule has 0 bridgehead atoms. The summed E-state index contributed by atoms with van der Waals surface area (Å²) in [6.45, 7) is 3.01. The van der Waals surface area contributed by atoms with Gasteiger partial charge < -0.3 is 10.1 Å². The molecule has 0 unspecified atom stereocenters. The van der Waals surface area contributed by atoms with Gasteiger partial charge in [0.2, 0.25) is 0 Å². The number of nitrogens with zero attached hydrogens (tertiary/aromatic N) is 1. The number of halogens is 2. The maximum atomic E-state index is 12.2. The molecule has 7 heteroatoms. The lowest BCUT2D eigenvalue weighted by Crippen LogP contribution is -2.47. The van der Waals surface area contributed by atoms with Crippen molar-refractivity contribution in [2.24, 2.45) is 0 Å². The molecule has 5 nitrogen and oxygen atoms in total. The second-order valence-electron chi connectivity index (χ2n) is 5.96. The lowest BCUT2D eigenvalue weighted by Gasteiger charge is -2.38. The lowest BCUT2D eigenvalue weighted by molar-refractivity contribution is -0.0669. The highest BCUT2D eigenvalue weighted by Crippen LogP contribution is 2.39. The Kier molecular flexibility index (Phi) is 5.31. The van der Waals surface area contributed by atoms with E-state index >= 15 is 0 Å². The normalized spacial score (nSPS) is 20.5. The van der Waals surface area contributed by atoms with E-state index in [1.54, 1.807) is 6.07 Å². The third kappa shape index (κ3) is 3.74. The van der Waals surface area contributed by atoms with Crippen LogP contribution in [0.5, 0.6) is 0 Å². The van der Waals surface area contributed by atoms with Crippen LogP contribution >= 0.6 is 23.2 Å². The maximum Gasteiger partial charge on any atom is 0.341 e. The first-order chi connectivity index (χ1) is 11.1. The smallest absolute Gasteiger partial charge is 0.341 e. The van der Waals surface area contributed by atoms with E-state index in [9.17, 15) is 4.79 Å². The Hall–Kier alpha value is -1.01. The highest BCUT2D eigenvalue weighted by molar-refractivity contribution is 6.35. The van der Waals surface area contributed by atoms with Crippen LogP contribution in [0.4, 0.5) is 4.79 Å². The van der Waals surface area contributed by atoms with Crippen molar-refractivity contribution in [3.63, 3.8) is 0 Å². The summed E-state index contributed by atoms with van der Waals surface area (Å²) < 4.78 is 5.50. The summed E-state index contributed by atoms with van der Waals surface area (Å²) in [5.74, 6) is 0. The third-order valence-electron chi connectivity index (χ3n) is 4.51. The van der Waals surface area contributed by atoms with Crippen LogP contribution in [0.15, 0.2) is 18.2 Å². The summed E-state index contributed by atoms with van der Waals surface area (Å²) in [5.41, 5.74) is 0.768. The molecule has 23 heavy (non-hydrogen) atoms. The Morgan fingerprint density at radius 2 is 2.04 bits per heavy atom. The van der Waals surface area contributed by atoms with Crippen LogP contribution in [0, 0.1) is 0 Å². The fourth-order valence-corrected chi connectivity index (χ4v) is 3.77. The zero-order valence-corrected chi connectivity index (χ0v) is 14.3. The van der Waals surface area contributed by atoms with Crippen LogP contribution in [0.1, 0.15) is 24.8 Å². The Bertz CT molecular complexity index is 570. The molecule has 1 N–H and O–H groups in total. The molecule has 2 heterocycles. The van der Waals surface area contributed by atoms with Crippen LogP contribution < -0.4 is 5.32 Å². The van der Waals surface area contributed by atoms with Gasteiger partial charge in [0.25, 0.3) is 0 Å². The second kappa shape index (κ2) is 7.26. The summed E-state index contributed by atoms with van der Waals surface area (Å²) in [4.78, 5) is 17.5. The number of urea groups is 1. The van der Waals surface area contributed by atoms with Gasteiger partial charge in [-0.25, -0.2) is 9.86 Å². The topological polar surface area (TPSA) is 50.8 Å². The minimum atomic E-state index is -0.241. The Balaban J connectivity index is 1.77. The standard InChI is InChI=1S/C16H20Cl2N2O3/c17-12-2-3-13(14(18)10-12)16(4-8-22-9-5-16)11-19-15(21)20-6-1-7-23-20/h2-3,10H,1,4-9,11H2,(H,19,21). The van der Waals surface area contributed by atoms with Gasteiger partial charge in [0.1, 0.15) is 0 Å². The first-order valence-electron chi connectivity index (χ1n) is 7.82. The lowest BCUT2D eigenvalue weighted by atomic mass is 9.74. The SMILES string of the molecule is O=C(NCC1(c2ccc(Cl)cc2Cl)CCOCC1)N1CCCO1. The molecule has 2 aliphatic rings. The molecule has 2 fully saturated rings. The largest absolute Gasteiger partial charge is 0.381 e. The zero-order chi connectivity index (χ0) is 16.3. The maximum absolute atomic E-state index is 12.2. The highest BCUT2D eigenvalue weighted by atomic mass is 35.5. The average molecular weight is 359 g/mol. The van der Waals surface area contributed by atoms with E-state index in [4.69, 9.17) is 32.8 Å². The molecule has 126 valence electrons. The third-order valence-corrected chi connectivity index (χ3v) is 5.06. The molecule has 0 spiro atoms. The predicted molar refractivity (Wildman–Crippen MR) is 88.9 cm³/mol. The van der Waals surface area contributed by atoms with Crippen molar-refractivity contribution in [3.05, 3.63) is 33.8 Å². The fraction of sp³-hybridized carbons (Fsp3) is 0.562. The Labute approximate surface area is 145 Å². The number of carbonyl (C=O) groups excluding carboxylic acids is 1. The monoisotopic (exact) mass is 358 g/mol. The number of rotatable bonds is 3. The first kappa shape index (κ1) is 16.8. The van der Waals surface area contributed by atoms with Crippen LogP contribution in [-0.4, -0.2) is 44.0 Å². The van der Waals surface area contributed by atoms with Gasteiger partial charge in [-0.2, -0.15) is 0 Å². The molecule has 0 saturated carbocycles.